The van der Waals surface area contributed by atoms with Crippen molar-refractivity contribution >= 4 is 11.5 Å². The van der Waals surface area contributed by atoms with Gasteiger partial charge in [-0.25, -0.2) is 4.79 Å². The smallest absolute Gasteiger partial charge is 0.357 e. The van der Waals surface area contributed by atoms with Gasteiger partial charge in [0.05, 0.1) is 6.61 Å². The van der Waals surface area contributed by atoms with E-state index in [1.807, 2.05) is 6.07 Å². The SMILES string of the molecule is CCOC(=O)C1=C2c3ccccc3[C@H](C3CC3)N(C)[C@H]2ON1. The van der Waals surface area contributed by atoms with Crippen molar-refractivity contribution in [3.05, 3.63) is 41.1 Å². The molecule has 4 rings (SSSR count). The van der Waals surface area contributed by atoms with E-state index in [4.69, 9.17) is 9.57 Å². The Balaban J connectivity index is 1.85. The van der Waals surface area contributed by atoms with Crippen LogP contribution in [0.15, 0.2) is 30.0 Å². The molecule has 1 fully saturated rings. The third-order valence-corrected chi connectivity index (χ3v) is 4.72. The molecule has 0 saturated heterocycles. The van der Waals surface area contributed by atoms with Gasteiger partial charge in [0, 0.05) is 11.6 Å². The van der Waals surface area contributed by atoms with Crippen molar-refractivity contribution in [2.24, 2.45) is 5.92 Å². The van der Waals surface area contributed by atoms with E-state index in [2.05, 4.69) is 35.6 Å². The molecule has 2 aliphatic heterocycles. The summed E-state index contributed by atoms with van der Waals surface area (Å²) in [7, 11) is 2.07. The number of hydrogen-bond acceptors (Lipinski definition) is 5. The van der Waals surface area contributed by atoms with E-state index in [0.29, 0.717) is 24.3 Å². The van der Waals surface area contributed by atoms with E-state index in [1.54, 1.807) is 6.92 Å². The highest BCUT2D eigenvalue weighted by Gasteiger charge is 2.47. The number of carbonyl (C=O) groups is 1. The van der Waals surface area contributed by atoms with Crippen LogP contribution in [0.3, 0.4) is 0 Å². The Morgan fingerprint density at radius 1 is 1.41 bits per heavy atom. The van der Waals surface area contributed by atoms with E-state index >= 15 is 0 Å². The number of hydroxylamine groups is 1. The first-order valence-corrected chi connectivity index (χ1v) is 7.86. The van der Waals surface area contributed by atoms with Crippen LogP contribution in [0.5, 0.6) is 0 Å². The number of esters is 1. The predicted octanol–water partition coefficient (Wildman–Crippen LogP) is 2.22. The molecule has 1 aliphatic carbocycles. The Labute approximate surface area is 129 Å². The number of benzene rings is 1. The molecule has 5 nitrogen and oxygen atoms in total. The van der Waals surface area contributed by atoms with Gasteiger partial charge in [-0.2, -0.15) is 0 Å². The Kier molecular flexibility index (Phi) is 3.20. The summed E-state index contributed by atoms with van der Waals surface area (Å²) in [6.07, 6.45) is 2.28. The first-order valence-electron chi connectivity index (χ1n) is 7.86. The number of nitrogens with one attached hydrogen (secondary N) is 1. The molecular weight excluding hydrogens is 280 g/mol. The summed E-state index contributed by atoms with van der Waals surface area (Å²) in [6.45, 7) is 2.16. The van der Waals surface area contributed by atoms with Crippen LogP contribution < -0.4 is 5.48 Å². The van der Waals surface area contributed by atoms with Gasteiger partial charge in [-0.05, 0) is 43.9 Å². The quantitative estimate of drug-likeness (QED) is 0.868. The zero-order valence-electron chi connectivity index (χ0n) is 12.8. The van der Waals surface area contributed by atoms with E-state index < -0.39 is 0 Å². The zero-order valence-corrected chi connectivity index (χ0v) is 12.8. The van der Waals surface area contributed by atoms with Crippen LogP contribution in [0, 0.1) is 5.92 Å². The third kappa shape index (κ3) is 1.96. The molecule has 0 bridgehead atoms. The van der Waals surface area contributed by atoms with Crippen LogP contribution in [0.1, 0.15) is 36.9 Å². The van der Waals surface area contributed by atoms with E-state index in [1.165, 1.54) is 18.4 Å². The van der Waals surface area contributed by atoms with Crippen molar-refractivity contribution in [3.63, 3.8) is 0 Å². The molecule has 22 heavy (non-hydrogen) atoms. The summed E-state index contributed by atoms with van der Waals surface area (Å²) < 4.78 is 5.15. The lowest BCUT2D eigenvalue weighted by atomic mass is 9.85. The second-order valence-corrected chi connectivity index (χ2v) is 6.12. The van der Waals surface area contributed by atoms with Crippen LogP contribution in [0.2, 0.25) is 0 Å². The monoisotopic (exact) mass is 300 g/mol. The molecule has 0 unspecified atom stereocenters. The maximum Gasteiger partial charge on any atom is 0.357 e. The van der Waals surface area contributed by atoms with Gasteiger partial charge in [0.15, 0.2) is 11.9 Å². The molecule has 2 atom stereocenters. The molecule has 2 heterocycles. The van der Waals surface area contributed by atoms with Gasteiger partial charge in [0.1, 0.15) is 0 Å². The van der Waals surface area contributed by atoms with E-state index in [9.17, 15) is 4.79 Å². The van der Waals surface area contributed by atoms with Gasteiger partial charge < -0.3 is 4.74 Å². The minimum Gasteiger partial charge on any atom is -0.461 e. The summed E-state index contributed by atoms with van der Waals surface area (Å²) >= 11 is 0. The normalized spacial score (nSPS) is 27.2. The number of rotatable bonds is 3. The minimum absolute atomic E-state index is 0.236. The number of nitrogens with zero attached hydrogens (tertiary/aromatic N) is 1. The van der Waals surface area contributed by atoms with Crippen LogP contribution >= 0.6 is 0 Å². The first-order chi connectivity index (χ1) is 10.7. The first kappa shape index (κ1) is 13.8. The van der Waals surface area contributed by atoms with Gasteiger partial charge in [0.25, 0.3) is 0 Å². The molecule has 0 spiro atoms. The summed E-state index contributed by atoms with van der Waals surface area (Å²) in [5.41, 5.74) is 6.52. The highest BCUT2D eigenvalue weighted by molar-refractivity contribution is 5.99. The summed E-state index contributed by atoms with van der Waals surface area (Å²) in [4.78, 5) is 20.1. The molecule has 0 amide bonds. The van der Waals surface area contributed by atoms with Crippen molar-refractivity contribution in [3.8, 4) is 0 Å². The summed E-state index contributed by atoms with van der Waals surface area (Å²) in [5.74, 6) is 0.330. The summed E-state index contributed by atoms with van der Waals surface area (Å²) in [5, 5.41) is 0. The lowest BCUT2D eigenvalue weighted by Crippen LogP contribution is -2.41. The lowest BCUT2D eigenvalue weighted by molar-refractivity contribution is -0.140. The van der Waals surface area contributed by atoms with E-state index in [0.717, 1.165) is 11.1 Å². The molecule has 0 radical (unpaired) electrons. The van der Waals surface area contributed by atoms with Gasteiger partial charge in [0.2, 0.25) is 0 Å². The zero-order chi connectivity index (χ0) is 15.3. The largest absolute Gasteiger partial charge is 0.461 e. The molecule has 116 valence electrons. The second-order valence-electron chi connectivity index (χ2n) is 6.12. The van der Waals surface area contributed by atoms with Gasteiger partial charge >= 0.3 is 5.97 Å². The van der Waals surface area contributed by atoms with Crippen molar-refractivity contribution in [1.82, 2.24) is 10.4 Å². The van der Waals surface area contributed by atoms with Gasteiger partial charge in [-0.15, -0.1) is 0 Å². The van der Waals surface area contributed by atoms with Gasteiger partial charge in [-0.1, -0.05) is 24.3 Å². The average molecular weight is 300 g/mol. The number of likely N-dealkylation sites (N-methyl/N-ethyl adjacent to an activating group) is 1. The number of ether oxygens (including phenoxy) is 1. The highest BCUT2D eigenvalue weighted by atomic mass is 16.7. The molecule has 1 saturated carbocycles. The van der Waals surface area contributed by atoms with Crippen molar-refractivity contribution in [1.29, 1.82) is 0 Å². The Morgan fingerprint density at radius 2 is 2.18 bits per heavy atom. The minimum atomic E-state index is -0.354. The summed E-state index contributed by atoms with van der Waals surface area (Å²) in [6, 6.07) is 8.68. The lowest BCUT2D eigenvalue weighted by Gasteiger charge is -2.39. The Hall–Kier alpha value is -1.85. The van der Waals surface area contributed by atoms with Crippen LogP contribution in [-0.2, 0) is 14.4 Å². The average Bonchev–Trinajstić information content (AvgIpc) is 3.25. The molecule has 5 heteroatoms. The molecule has 1 N–H and O–H groups in total. The molecule has 1 aromatic rings. The maximum absolute atomic E-state index is 12.2. The Bertz CT molecular complexity index is 651. The maximum atomic E-state index is 12.2. The second kappa shape index (κ2) is 5.11. The molecule has 3 aliphatic rings. The molecule has 0 aromatic heterocycles. The van der Waals surface area contributed by atoms with Crippen LogP contribution in [0.25, 0.3) is 5.57 Å². The third-order valence-electron chi connectivity index (χ3n) is 4.72. The van der Waals surface area contributed by atoms with Crippen LogP contribution in [0.4, 0.5) is 0 Å². The number of carbonyl (C=O) groups excluding carboxylic acids is 1. The van der Waals surface area contributed by atoms with E-state index in [-0.39, 0.29) is 12.2 Å². The van der Waals surface area contributed by atoms with Crippen molar-refractivity contribution < 1.29 is 14.4 Å². The fraction of sp³-hybridized carbons (Fsp3) is 0.471. The van der Waals surface area contributed by atoms with Crippen molar-refractivity contribution in [2.45, 2.75) is 32.0 Å². The highest BCUT2D eigenvalue weighted by Crippen LogP contribution is 2.51. The number of fused-ring (bicyclic) bond motifs is 3. The molecular formula is C17H20N2O3. The van der Waals surface area contributed by atoms with Gasteiger partial charge in [-0.3, -0.25) is 15.2 Å². The predicted molar refractivity (Wildman–Crippen MR) is 81.2 cm³/mol. The molecule has 1 aromatic carbocycles. The fourth-order valence-electron chi connectivity index (χ4n) is 3.63. The standard InChI is InChI=1S/C17H20N2O3/c1-3-21-17(20)14-13-11-6-4-5-7-12(11)15(10-8-9-10)19(2)16(13)22-18-14/h4-7,10,15-16,18H,3,8-9H2,1-2H3/t15-,16-/m0/s1. The Morgan fingerprint density at radius 3 is 2.91 bits per heavy atom. The fourth-order valence-corrected chi connectivity index (χ4v) is 3.63. The van der Waals surface area contributed by atoms with Crippen molar-refractivity contribution in [2.75, 3.05) is 13.7 Å². The topological polar surface area (TPSA) is 50.8 Å². The number of hydrogen-bond donors (Lipinski definition) is 1. The van der Waals surface area contributed by atoms with Crippen LogP contribution in [-0.4, -0.2) is 30.8 Å².